The molecule has 0 radical (unpaired) electrons. The first-order valence-corrected chi connectivity index (χ1v) is 9.31. The van der Waals surface area contributed by atoms with Crippen LogP contribution >= 0.6 is 0 Å². The third-order valence-corrected chi connectivity index (χ3v) is 4.26. The van der Waals surface area contributed by atoms with Crippen LogP contribution in [0.15, 0.2) is 29.3 Å². The van der Waals surface area contributed by atoms with E-state index in [0.29, 0.717) is 12.5 Å². The molecule has 0 saturated carbocycles. The third kappa shape index (κ3) is 8.36. The van der Waals surface area contributed by atoms with Crippen LogP contribution in [-0.4, -0.2) is 81.7 Å². The largest absolute Gasteiger partial charge is 0.379 e. The molecule has 0 aromatic heterocycles. The van der Waals surface area contributed by atoms with Gasteiger partial charge in [-0.3, -0.25) is 9.69 Å². The maximum absolute atomic E-state index is 13.3. The first kappa shape index (κ1) is 21.1. The average molecular weight is 379 g/mol. The summed E-state index contributed by atoms with van der Waals surface area (Å²) in [6.45, 7) is 5.75. The number of benzene rings is 1. The molecular formula is C19H30FN5O2. The molecule has 1 aliphatic heterocycles. The van der Waals surface area contributed by atoms with Crippen LogP contribution in [-0.2, 0) is 16.1 Å². The van der Waals surface area contributed by atoms with Crippen molar-refractivity contribution in [3.8, 4) is 0 Å². The lowest BCUT2D eigenvalue weighted by Crippen LogP contribution is -2.44. The number of amides is 1. The van der Waals surface area contributed by atoms with Gasteiger partial charge in [0.25, 0.3) is 0 Å². The van der Waals surface area contributed by atoms with E-state index in [9.17, 15) is 9.18 Å². The van der Waals surface area contributed by atoms with Gasteiger partial charge in [-0.15, -0.1) is 0 Å². The number of likely N-dealkylation sites (N-methyl/N-ethyl adjacent to an activating group) is 1. The topological polar surface area (TPSA) is 69.2 Å². The van der Waals surface area contributed by atoms with Gasteiger partial charge in [-0.25, -0.2) is 9.38 Å². The van der Waals surface area contributed by atoms with E-state index in [4.69, 9.17) is 4.74 Å². The Morgan fingerprint density at radius 2 is 2.07 bits per heavy atom. The van der Waals surface area contributed by atoms with Gasteiger partial charge in [-0.2, -0.15) is 0 Å². The lowest BCUT2D eigenvalue weighted by Gasteiger charge is -2.26. The van der Waals surface area contributed by atoms with Crippen LogP contribution in [0.4, 0.5) is 4.39 Å². The second-order valence-electron chi connectivity index (χ2n) is 6.67. The molecular weight excluding hydrogens is 349 g/mol. The van der Waals surface area contributed by atoms with Gasteiger partial charge in [-0.05, 0) is 30.7 Å². The van der Waals surface area contributed by atoms with Crippen LogP contribution in [0.2, 0.25) is 0 Å². The summed E-state index contributed by atoms with van der Waals surface area (Å²) in [6, 6.07) is 6.36. The minimum absolute atomic E-state index is 0.0384. The molecule has 1 saturated heterocycles. The van der Waals surface area contributed by atoms with Gasteiger partial charge in [0.1, 0.15) is 5.82 Å². The number of guanidine groups is 1. The second-order valence-corrected chi connectivity index (χ2v) is 6.67. The summed E-state index contributed by atoms with van der Waals surface area (Å²) in [6.07, 6.45) is 0.961. The molecule has 1 heterocycles. The Hall–Kier alpha value is -2.19. The van der Waals surface area contributed by atoms with Crippen LogP contribution in [0.3, 0.4) is 0 Å². The van der Waals surface area contributed by atoms with E-state index in [1.807, 2.05) is 6.07 Å². The lowest BCUT2D eigenvalue weighted by atomic mass is 10.2. The quantitative estimate of drug-likeness (QED) is 0.395. The highest BCUT2D eigenvalue weighted by atomic mass is 19.1. The third-order valence-electron chi connectivity index (χ3n) is 4.26. The number of morpholine rings is 1. The van der Waals surface area contributed by atoms with Gasteiger partial charge in [0.2, 0.25) is 5.91 Å². The first-order valence-electron chi connectivity index (χ1n) is 9.31. The maximum Gasteiger partial charge on any atom is 0.241 e. The minimum atomic E-state index is -0.279. The summed E-state index contributed by atoms with van der Waals surface area (Å²) in [5, 5.41) is 6.30. The van der Waals surface area contributed by atoms with E-state index in [1.165, 1.54) is 17.0 Å². The summed E-state index contributed by atoms with van der Waals surface area (Å²) in [4.78, 5) is 20.2. The van der Waals surface area contributed by atoms with Gasteiger partial charge >= 0.3 is 0 Å². The molecule has 0 atom stereocenters. The zero-order chi connectivity index (χ0) is 19.5. The summed E-state index contributed by atoms with van der Waals surface area (Å²) in [5.74, 6) is 0.235. The molecule has 27 heavy (non-hydrogen) atoms. The normalized spacial score (nSPS) is 15.4. The summed E-state index contributed by atoms with van der Waals surface area (Å²) >= 11 is 0. The van der Waals surface area contributed by atoms with Crippen LogP contribution in [0, 0.1) is 5.82 Å². The van der Waals surface area contributed by atoms with Crippen LogP contribution in [0.5, 0.6) is 0 Å². The van der Waals surface area contributed by atoms with Crippen molar-refractivity contribution in [2.75, 3.05) is 60.0 Å². The van der Waals surface area contributed by atoms with Crippen molar-refractivity contribution in [3.63, 3.8) is 0 Å². The smallest absolute Gasteiger partial charge is 0.241 e. The van der Waals surface area contributed by atoms with Crippen molar-refractivity contribution in [3.05, 3.63) is 35.6 Å². The number of aliphatic imine (C=N–C) groups is 1. The molecule has 0 spiro atoms. The first-order chi connectivity index (χ1) is 13.0. The molecule has 1 aromatic carbocycles. The van der Waals surface area contributed by atoms with Crippen LogP contribution in [0.25, 0.3) is 0 Å². The molecule has 2 N–H and O–H groups in total. The van der Waals surface area contributed by atoms with Crippen molar-refractivity contribution >= 4 is 11.9 Å². The van der Waals surface area contributed by atoms with Crippen LogP contribution in [0.1, 0.15) is 12.0 Å². The average Bonchev–Trinajstić information content (AvgIpc) is 2.67. The number of nitrogens with zero attached hydrogens (tertiary/aromatic N) is 3. The predicted molar refractivity (Wildman–Crippen MR) is 104 cm³/mol. The molecule has 150 valence electrons. The number of ether oxygens (including phenoxy) is 1. The number of rotatable bonds is 8. The number of halogens is 1. The Morgan fingerprint density at radius 3 is 2.78 bits per heavy atom. The highest BCUT2D eigenvalue weighted by Crippen LogP contribution is 2.04. The van der Waals surface area contributed by atoms with Gasteiger partial charge < -0.3 is 20.3 Å². The Bertz CT molecular complexity index is 618. The van der Waals surface area contributed by atoms with Gasteiger partial charge in [0.05, 0.1) is 26.3 Å². The maximum atomic E-state index is 13.3. The summed E-state index contributed by atoms with van der Waals surface area (Å²) in [5.41, 5.74) is 0.781. The predicted octanol–water partition coefficient (Wildman–Crippen LogP) is 0.671. The highest BCUT2D eigenvalue weighted by molar-refractivity contribution is 5.86. The van der Waals surface area contributed by atoms with E-state index in [0.717, 1.165) is 51.4 Å². The molecule has 0 unspecified atom stereocenters. The van der Waals surface area contributed by atoms with Crippen molar-refractivity contribution in [2.24, 2.45) is 4.99 Å². The summed E-state index contributed by atoms with van der Waals surface area (Å²) < 4.78 is 18.7. The lowest BCUT2D eigenvalue weighted by molar-refractivity contribution is -0.127. The van der Waals surface area contributed by atoms with Crippen molar-refractivity contribution in [1.82, 2.24) is 20.4 Å². The monoisotopic (exact) mass is 379 g/mol. The van der Waals surface area contributed by atoms with E-state index in [1.54, 1.807) is 20.2 Å². The van der Waals surface area contributed by atoms with Crippen molar-refractivity contribution in [1.29, 1.82) is 0 Å². The number of hydrogen-bond donors (Lipinski definition) is 2. The Labute approximate surface area is 160 Å². The van der Waals surface area contributed by atoms with Gasteiger partial charge in [-0.1, -0.05) is 12.1 Å². The van der Waals surface area contributed by atoms with Crippen molar-refractivity contribution < 1.29 is 13.9 Å². The van der Waals surface area contributed by atoms with E-state index >= 15 is 0 Å². The SMILES string of the molecule is CN(C)C(=O)CNC(=NCc1cccc(F)c1)NCCCN1CCOCC1. The molecule has 0 bridgehead atoms. The fourth-order valence-corrected chi connectivity index (χ4v) is 2.63. The Kier molecular flexibility index (Phi) is 9.00. The molecule has 8 heteroatoms. The fraction of sp³-hybridized carbons (Fsp3) is 0.579. The van der Waals surface area contributed by atoms with Gasteiger partial charge in [0, 0.05) is 33.7 Å². The molecule has 0 aliphatic carbocycles. The Balaban J connectivity index is 1.83. The molecule has 2 rings (SSSR count). The molecule has 1 aromatic rings. The Morgan fingerprint density at radius 1 is 1.30 bits per heavy atom. The standard InChI is InChI=1S/C19H30FN5O2/c1-24(2)18(26)15-23-19(22-14-16-5-3-6-17(20)13-16)21-7-4-8-25-9-11-27-12-10-25/h3,5-6,13H,4,7-12,14-15H2,1-2H3,(H2,21,22,23). The summed E-state index contributed by atoms with van der Waals surface area (Å²) in [7, 11) is 3.42. The highest BCUT2D eigenvalue weighted by Gasteiger charge is 2.10. The zero-order valence-corrected chi connectivity index (χ0v) is 16.2. The second kappa shape index (κ2) is 11.5. The number of hydrogen-bond acceptors (Lipinski definition) is 4. The number of nitrogens with one attached hydrogen (secondary N) is 2. The van der Waals surface area contributed by atoms with Gasteiger partial charge in [0.15, 0.2) is 5.96 Å². The molecule has 7 nitrogen and oxygen atoms in total. The molecule has 1 fully saturated rings. The molecule has 1 aliphatic rings. The van der Waals surface area contributed by atoms with Crippen LogP contribution < -0.4 is 10.6 Å². The van der Waals surface area contributed by atoms with E-state index < -0.39 is 0 Å². The minimum Gasteiger partial charge on any atom is -0.379 e. The molecule has 1 amide bonds. The number of carbonyl (C=O) groups is 1. The fourth-order valence-electron chi connectivity index (χ4n) is 2.63. The van der Waals surface area contributed by atoms with Crippen molar-refractivity contribution in [2.45, 2.75) is 13.0 Å². The van der Waals surface area contributed by atoms with E-state index in [-0.39, 0.29) is 18.3 Å². The number of carbonyl (C=O) groups excluding carboxylic acids is 1. The van der Waals surface area contributed by atoms with E-state index in [2.05, 4.69) is 20.5 Å². The zero-order valence-electron chi connectivity index (χ0n) is 16.2.